The Morgan fingerprint density at radius 3 is 2.88 bits per heavy atom. The van der Waals surface area contributed by atoms with Crippen molar-refractivity contribution in [1.29, 1.82) is 0 Å². The molecule has 128 valence electrons. The van der Waals surface area contributed by atoms with Crippen LogP contribution < -0.4 is 15.0 Å². The van der Waals surface area contributed by atoms with Crippen LogP contribution in [0.5, 0.6) is 5.75 Å². The van der Waals surface area contributed by atoms with Gasteiger partial charge in [0.25, 0.3) is 0 Å². The molecule has 0 aromatic heterocycles. The van der Waals surface area contributed by atoms with Crippen LogP contribution in [0.15, 0.2) is 17.8 Å². The quantitative estimate of drug-likeness (QED) is 0.906. The lowest BCUT2D eigenvalue weighted by atomic mass is 9.91. The molecule has 0 atom stereocenters. The van der Waals surface area contributed by atoms with Gasteiger partial charge in [0, 0.05) is 6.20 Å². The number of fused-ring (bicyclic) bond motifs is 2. The predicted octanol–water partition coefficient (Wildman–Crippen LogP) is 2.76. The summed E-state index contributed by atoms with van der Waals surface area (Å²) in [7, 11) is 0. The minimum absolute atomic E-state index is 0.745. The highest BCUT2D eigenvalue weighted by Crippen LogP contribution is 2.51. The smallest absolute Gasteiger partial charge is 0.143 e. The van der Waals surface area contributed by atoms with Crippen LogP contribution in [0, 0.1) is 0 Å². The zero-order valence-electron chi connectivity index (χ0n) is 14.3. The average molecular weight is 326 g/mol. The van der Waals surface area contributed by atoms with Gasteiger partial charge < -0.3 is 19.7 Å². The van der Waals surface area contributed by atoms with Gasteiger partial charge in [0.05, 0.1) is 25.4 Å². The van der Waals surface area contributed by atoms with Crippen molar-refractivity contribution in [2.45, 2.75) is 38.0 Å². The topological polar surface area (TPSA) is 33.7 Å². The van der Waals surface area contributed by atoms with Crippen molar-refractivity contribution in [3.63, 3.8) is 0 Å². The van der Waals surface area contributed by atoms with E-state index in [0.29, 0.717) is 0 Å². The molecule has 0 amide bonds. The number of ether oxygens (including phenoxy) is 2. The Labute approximate surface area is 143 Å². The van der Waals surface area contributed by atoms with E-state index in [1.807, 2.05) is 0 Å². The summed E-state index contributed by atoms with van der Waals surface area (Å²) in [6.45, 7) is 5.57. The third kappa shape index (κ3) is 2.62. The molecule has 5 rings (SSSR count). The van der Waals surface area contributed by atoms with Crippen molar-refractivity contribution in [2.75, 3.05) is 44.4 Å². The summed E-state index contributed by atoms with van der Waals surface area (Å²) in [5.41, 5.74) is 7.50. The number of nitrogens with zero attached hydrogens (tertiary/aromatic N) is 1. The second kappa shape index (κ2) is 6.08. The van der Waals surface area contributed by atoms with Crippen LogP contribution in [0.4, 0.5) is 5.69 Å². The SMILES string of the molecule is C(=C1/CCOC1)/N1CCOc2cc3c(c(C4CC4)c21)CCNCC3. The summed E-state index contributed by atoms with van der Waals surface area (Å²) in [5, 5.41) is 3.56. The van der Waals surface area contributed by atoms with Gasteiger partial charge in [0.15, 0.2) is 0 Å². The summed E-state index contributed by atoms with van der Waals surface area (Å²) in [6.07, 6.45) is 8.37. The van der Waals surface area contributed by atoms with E-state index in [1.165, 1.54) is 29.7 Å². The largest absolute Gasteiger partial charge is 0.490 e. The van der Waals surface area contributed by atoms with Crippen LogP contribution >= 0.6 is 0 Å². The predicted molar refractivity (Wildman–Crippen MR) is 95.1 cm³/mol. The van der Waals surface area contributed by atoms with E-state index in [1.54, 1.807) is 11.1 Å². The Balaban J connectivity index is 1.64. The first-order chi connectivity index (χ1) is 11.9. The highest BCUT2D eigenvalue weighted by molar-refractivity contribution is 5.72. The molecule has 3 heterocycles. The van der Waals surface area contributed by atoms with Gasteiger partial charge in [0.2, 0.25) is 0 Å². The van der Waals surface area contributed by atoms with Crippen LogP contribution in [0.1, 0.15) is 41.9 Å². The third-order valence-corrected chi connectivity index (χ3v) is 5.69. The van der Waals surface area contributed by atoms with Gasteiger partial charge in [-0.2, -0.15) is 0 Å². The molecule has 4 aliphatic rings. The first kappa shape index (κ1) is 14.8. The van der Waals surface area contributed by atoms with Gasteiger partial charge in [0.1, 0.15) is 12.4 Å². The summed E-state index contributed by atoms with van der Waals surface area (Å²) in [4.78, 5) is 2.47. The summed E-state index contributed by atoms with van der Waals surface area (Å²) >= 11 is 0. The van der Waals surface area contributed by atoms with Crippen molar-refractivity contribution in [2.24, 2.45) is 0 Å². The summed E-state index contributed by atoms with van der Waals surface area (Å²) in [5.74, 6) is 1.86. The maximum atomic E-state index is 6.12. The number of nitrogens with one attached hydrogen (secondary N) is 1. The van der Waals surface area contributed by atoms with Crippen molar-refractivity contribution in [1.82, 2.24) is 5.32 Å². The molecule has 0 unspecified atom stereocenters. The molecule has 0 bridgehead atoms. The fourth-order valence-corrected chi connectivity index (χ4v) is 4.36. The van der Waals surface area contributed by atoms with E-state index in [2.05, 4.69) is 22.5 Å². The highest BCUT2D eigenvalue weighted by atomic mass is 16.5. The lowest BCUT2D eigenvalue weighted by Crippen LogP contribution is -2.30. The molecule has 4 heteroatoms. The summed E-state index contributed by atoms with van der Waals surface area (Å²) < 4.78 is 11.7. The van der Waals surface area contributed by atoms with Crippen LogP contribution in [0.3, 0.4) is 0 Å². The minimum Gasteiger partial charge on any atom is -0.490 e. The Hall–Kier alpha value is -1.52. The Morgan fingerprint density at radius 2 is 2.04 bits per heavy atom. The standard InChI is InChI=1S/C20H26N2O2/c1-2-15(1)19-17-4-7-21-6-3-16(17)11-18-20(19)22(8-10-24-18)12-14-5-9-23-13-14/h11-12,15,21H,1-10,13H2/b14-12+. The van der Waals surface area contributed by atoms with Crippen molar-refractivity contribution in [3.8, 4) is 5.75 Å². The third-order valence-electron chi connectivity index (χ3n) is 5.69. The number of hydrogen-bond acceptors (Lipinski definition) is 4. The van der Waals surface area contributed by atoms with Crippen LogP contribution in [0.25, 0.3) is 0 Å². The maximum Gasteiger partial charge on any atom is 0.143 e. The lowest BCUT2D eigenvalue weighted by molar-refractivity contribution is 0.204. The van der Waals surface area contributed by atoms with E-state index in [4.69, 9.17) is 9.47 Å². The van der Waals surface area contributed by atoms with Crippen LogP contribution in [-0.4, -0.2) is 39.5 Å². The van der Waals surface area contributed by atoms with Gasteiger partial charge in [-0.05, 0) is 79.4 Å². The van der Waals surface area contributed by atoms with Gasteiger partial charge in [-0.1, -0.05) is 0 Å². The first-order valence-electron chi connectivity index (χ1n) is 9.46. The molecule has 1 N–H and O–H groups in total. The van der Waals surface area contributed by atoms with Crippen molar-refractivity contribution >= 4 is 5.69 Å². The molecule has 0 radical (unpaired) electrons. The Bertz CT molecular complexity index is 671. The zero-order valence-corrected chi connectivity index (χ0v) is 14.3. The molecule has 1 saturated carbocycles. The molecular formula is C20H26N2O2. The molecule has 0 spiro atoms. The van der Waals surface area contributed by atoms with E-state index in [0.717, 1.165) is 70.4 Å². The Kier molecular flexibility index (Phi) is 3.75. The normalized spacial score (nSPS) is 25.2. The summed E-state index contributed by atoms with van der Waals surface area (Å²) in [6, 6.07) is 2.33. The highest BCUT2D eigenvalue weighted by Gasteiger charge is 2.35. The van der Waals surface area contributed by atoms with E-state index < -0.39 is 0 Å². The fourth-order valence-electron chi connectivity index (χ4n) is 4.36. The molecule has 24 heavy (non-hydrogen) atoms. The van der Waals surface area contributed by atoms with Gasteiger partial charge in [-0.25, -0.2) is 0 Å². The maximum absolute atomic E-state index is 6.12. The number of anilines is 1. The lowest BCUT2D eigenvalue weighted by Gasteiger charge is -2.33. The fraction of sp³-hybridized carbons (Fsp3) is 0.600. The number of benzene rings is 1. The molecule has 1 aromatic carbocycles. The van der Waals surface area contributed by atoms with Crippen molar-refractivity contribution < 1.29 is 9.47 Å². The average Bonchev–Trinajstić information content (AvgIpc) is 3.35. The zero-order chi connectivity index (χ0) is 15.9. The number of rotatable bonds is 2. The molecule has 1 aliphatic carbocycles. The first-order valence-corrected chi connectivity index (χ1v) is 9.46. The second-order valence-corrected chi connectivity index (χ2v) is 7.43. The van der Waals surface area contributed by atoms with Gasteiger partial charge in [-0.3, -0.25) is 0 Å². The van der Waals surface area contributed by atoms with Crippen molar-refractivity contribution in [3.05, 3.63) is 34.5 Å². The second-order valence-electron chi connectivity index (χ2n) is 7.43. The van der Waals surface area contributed by atoms with Gasteiger partial charge >= 0.3 is 0 Å². The Morgan fingerprint density at radius 1 is 1.12 bits per heavy atom. The van der Waals surface area contributed by atoms with Crippen LogP contribution in [0.2, 0.25) is 0 Å². The number of hydrogen-bond donors (Lipinski definition) is 1. The molecule has 2 fully saturated rings. The molecule has 3 aliphatic heterocycles. The molecular weight excluding hydrogens is 300 g/mol. The van der Waals surface area contributed by atoms with Gasteiger partial charge in [-0.15, -0.1) is 0 Å². The minimum atomic E-state index is 0.745. The molecule has 1 saturated heterocycles. The van der Waals surface area contributed by atoms with Crippen LogP contribution in [-0.2, 0) is 17.6 Å². The molecule has 1 aromatic rings. The van der Waals surface area contributed by atoms with E-state index >= 15 is 0 Å². The van der Waals surface area contributed by atoms with E-state index in [-0.39, 0.29) is 0 Å². The van der Waals surface area contributed by atoms with E-state index in [9.17, 15) is 0 Å². The monoisotopic (exact) mass is 326 g/mol. The molecule has 4 nitrogen and oxygen atoms in total.